The smallest absolute Gasteiger partial charge is 0.252 e. The highest BCUT2D eigenvalue weighted by Gasteiger charge is 2.06. The van der Waals surface area contributed by atoms with Crippen molar-refractivity contribution < 1.29 is 4.79 Å². The fraction of sp³-hybridized carbons (Fsp3) is 0. The van der Waals surface area contributed by atoms with Crippen molar-refractivity contribution in [1.29, 1.82) is 0 Å². The average Bonchev–Trinajstić information content (AvgIpc) is 2.53. The lowest BCUT2D eigenvalue weighted by molar-refractivity contribution is 0.0999. The number of rotatable bonds is 3. The van der Waals surface area contributed by atoms with E-state index in [2.05, 4.69) is 28.2 Å². The van der Waals surface area contributed by atoms with E-state index in [1.165, 1.54) is 12.5 Å². The first-order chi connectivity index (χ1) is 10.3. The molecule has 0 saturated carbocycles. The van der Waals surface area contributed by atoms with Gasteiger partial charge in [0.25, 0.3) is 5.91 Å². The van der Waals surface area contributed by atoms with Gasteiger partial charge in [0, 0.05) is 6.20 Å². The van der Waals surface area contributed by atoms with Crippen molar-refractivity contribution in [2.75, 3.05) is 0 Å². The van der Waals surface area contributed by atoms with Gasteiger partial charge in [-0.15, -0.1) is 0 Å². The van der Waals surface area contributed by atoms with Gasteiger partial charge in [0.2, 0.25) is 0 Å². The quantitative estimate of drug-likeness (QED) is 0.799. The zero-order chi connectivity index (χ0) is 14.7. The summed E-state index contributed by atoms with van der Waals surface area (Å²) in [4.78, 5) is 19.3. The van der Waals surface area contributed by atoms with Gasteiger partial charge in [-0.25, -0.2) is 9.97 Å². The molecular weight excluding hydrogens is 262 g/mol. The number of amides is 1. The highest BCUT2D eigenvalue weighted by Crippen LogP contribution is 2.20. The first-order valence-electron chi connectivity index (χ1n) is 6.51. The van der Waals surface area contributed by atoms with E-state index in [0.717, 1.165) is 16.3 Å². The fourth-order valence-electron chi connectivity index (χ4n) is 2.23. The van der Waals surface area contributed by atoms with Crippen molar-refractivity contribution in [2.24, 2.45) is 5.73 Å². The van der Waals surface area contributed by atoms with E-state index in [1.54, 1.807) is 6.08 Å². The molecular formula is C17H13N3O. The van der Waals surface area contributed by atoms with Gasteiger partial charge in [-0.1, -0.05) is 48.5 Å². The van der Waals surface area contributed by atoms with Crippen LogP contribution in [0.1, 0.15) is 21.6 Å². The van der Waals surface area contributed by atoms with Crippen LogP contribution in [0.3, 0.4) is 0 Å². The number of benzene rings is 2. The molecule has 0 saturated heterocycles. The minimum Gasteiger partial charge on any atom is -0.365 e. The molecule has 0 spiro atoms. The van der Waals surface area contributed by atoms with Crippen LogP contribution < -0.4 is 5.73 Å². The summed E-state index contributed by atoms with van der Waals surface area (Å²) < 4.78 is 0. The third-order valence-electron chi connectivity index (χ3n) is 3.25. The van der Waals surface area contributed by atoms with Crippen LogP contribution in [-0.4, -0.2) is 15.9 Å². The van der Waals surface area contributed by atoms with Crippen molar-refractivity contribution in [3.05, 3.63) is 71.8 Å². The molecule has 4 nitrogen and oxygen atoms in total. The zero-order valence-electron chi connectivity index (χ0n) is 11.2. The van der Waals surface area contributed by atoms with E-state index >= 15 is 0 Å². The summed E-state index contributed by atoms with van der Waals surface area (Å²) in [5, 5.41) is 2.31. The second-order valence-electron chi connectivity index (χ2n) is 4.59. The van der Waals surface area contributed by atoms with E-state index in [1.807, 2.05) is 30.3 Å². The molecule has 1 aromatic heterocycles. The molecule has 3 aromatic rings. The number of nitrogens with two attached hydrogens (primary N) is 1. The van der Waals surface area contributed by atoms with Crippen molar-refractivity contribution in [3.63, 3.8) is 0 Å². The Kier molecular flexibility index (Phi) is 3.43. The SMILES string of the molecule is NC(=O)c1cncnc1/C=C/c1cccc2ccccc12. The van der Waals surface area contributed by atoms with Crippen molar-refractivity contribution in [3.8, 4) is 0 Å². The second kappa shape index (κ2) is 5.54. The molecule has 0 radical (unpaired) electrons. The number of hydrogen-bond acceptors (Lipinski definition) is 3. The summed E-state index contributed by atoms with van der Waals surface area (Å²) in [6, 6.07) is 14.2. The van der Waals surface area contributed by atoms with Crippen LogP contribution >= 0.6 is 0 Å². The van der Waals surface area contributed by atoms with Crippen LogP contribution in [0.2, 0.25) is 0 Å². The molecule has 0 atom stereocenters. The van der Waals surface area contributed by atoms with Gasteiger partial charge in [-0.2, -0.15) is 0 Å². The molecule has 102 valence electrons. The van der Waals surface area contributed by atoms with Crippen molar-refractivity contribution in [1.82, 2.24) is 9.97 Å². The molecule has 0 aliphatic carbocycles. The monoisotopic (exact) mass is 275 g/mol. The van der Waals surface area contributed by atoms with Gasteiger partial charge in [0.1, 0.15) is 6.33 Å². The number of aromatic nitrogens is 2. The molecule has 2 aromatic carbocycles. The highest BCUT2D eigenvalue weighted by atomic mass is 16.1. The summed E-state index contributed by atoms with van der Waals surface area (Å²) in [6.07, 6.45) is 6.54. The maximum Gasteiger partial charge on any atom is 0.252 e. The van der Waals surface area contributed by atoms with E-state index in [-0.39, 0.29) is 0 Å². The standard InChI is InChI=1S/C17H13N3O/c18-17(21)15-10-19-11-20-16(15)9-8-13-6-3-5-12-4-1-2-7-14(12)13/h1-11H,(H2,18,21)/b9-8+. The molecule has 1 heterocycles. The van der Waals surface area contributed by atoms with Crippen LogP contribution in [0.15, 0.2) is 55.0 Å². The molecule has 4 heteroatoms. The Labute approximate surface area is 122 Å². The highest BCUT2D eigenvalue weighted by molar-refractivity contribution is 5.98. The second-order valence-corrected chi connectivity index (χ2v) is 4.59. The van der Waals surface area contributed by atoms with Gasteiger partial charge in [-0.3, -0.25) is 4.79 Å². The Hall–Kier alpha value is -3.01. The lowest BCUT2D eigenvalue weighted by atomic mass is 10.0. The Morgan fingerprint density at radius 2 is 1.86 bits per heavy atom. The van der Waals surface area contributed by atoms with E-state index in [9.17, 15) is 4.79 Å². The molecule has 3 rings (SSSR count). The minimum absolute atomic E-state index is 0.314. The molecule has 0 aliphatic rings. The molecule has 21 heavy (non-hydrogen) atoms. The molecule has 0 fully saturated rings. The topological polar surface area (TPSA) is 68.9 Å². The molecule has 0 unspecified atom stereocenters. The Morgan fingerprint density at radius 3 is 2.71 bits per heavy atom. The van der Waals surface area contributed by atoms with Gasteiger partial charge in [0.05, 0.1) is 11.3 Å². The Bertz CT molecular complexity index is 835. The van der Waals surface area contributed by atoms with Crippen LogP contribution in [-0.2, 0) is 0 Å². The lowest BCUT2D eigenvalue weighted by Crippen LogP contribution is -2.13. The lowest BCUT2D eigenvalue weighted by Gasteiger charge is -2.02. The number of carbonyl (C=O) groups excluding carboxylic acids is 1. The van der Waals surface area contributed by atoms with Crippen LogP contribution in [0.5, 0.6) is 0 Å². The number of hydrogen-bond donors (Lipinski definition) is 1. The Balaban J connectivity index is 2.05. The van der Waals surface area contributed by atoms with Crippen LogP contribution in [0.4, 0.5) is 0 Å². The maximum atomic E-state index is 11.4. The van der Waals surface area contributed by atoms with E-state index in [4.69, 9.17) is 5.73 Å². The van der Waals surface area contributed by atoms with E-state index < -0.39 is 5.91 Å². The summed E-state index contributed by atoms with van der Waals surface area (Å²) in [7, 11) is 0. The molecule has 1 amide bonds. The van der Waals surface area contributed by atoms with Crippen molar-refractivity contribution in [2.45, 2.75) is 0 Å². The summed E-state index contributed by atoms with van der Waals surface area (Å²) in [6.45, 7) is 0. The van der Waals surface area contributed by atoms with Gasteiger partial charge < -0.3 is 5.73 Å². The summed E-state index contributed by atoms with van der Waals surface area (Å²) in [5.41, 5.74) is 7.21. The number of primary amides is 1. The predicted molar refractivity (Wildman–Crippen MR) is 83.4 cm³/mol. The fourth-order valence-corrected chi connectivity index (χ4v) is 2.23. The van der Waals surface area contributed by atoms with Gasteiger partial charge in [0.15, 0.2) is 0 Å². The minimum atomic E-state index is -0.534. The number of carbonyl (C=O) groups is 1. The first-order valence-corrected chi connectivity index (χ1v) is 6.51. The maximum absolute atomic E-state index is 11.4. The molecule has 0 aliphatic heterocycles. The molecule has 2 N–H and O–H groups in total. The zero-order valence-corrected chi connectivity index (χ0v) is 11.2. The third kappa shape index (κ3) is 2.65. The van der Waals surface area contributed by atoms with E-state index in [0.29, 0.717) is 11.3 Å². The average molecular weight is 275 g/mol. The third-order valence-corrected chi connectivity index (χ3v) is 3.25. The summed E-state index contributed by atoms with van der Waals surface area (Å²) >= 11 is 0. The molecule has 0 bridgehead atoms. The van der Waals surface area contributed by atoms with Crippen LogP contribution in [0.25, 0.3) is 22.9 Å². The normalized spacial score (nSPS) is 11.0. The Morgan fingerprint density at radius 1 is 1.05 bits per heavy atom. The number of fused-ring (bicyclic) bond motifs is 1. The summed E-state index contributed by atoms with van der Waals surface area (Å²) in [5.74, 6) is -0.534. The largest absolute Gasteiger partial charge is 0.365 e. The van der Waals surface area contributed by atoms with Gasteiger partial charge >= 0.3 is 0 Å². The van der Waals surface area contributed by atoms with Crippen molar-refractivity contribution >= 4 is 28.8 Å². The van der Waals surface area contributed by atoms with Gasteiger partial charge in [-0.05, 0) is 22.4 Å². The predicted octanol–water partition coefficient (Wildman–Crippen LogP) is 2.90. The number of nitrogens with zero attached hydrogens (tertiary/aromatic N) is 2. The van der Waals surface area contributed by atoms with Crippen LogP contribution in [0, 0.1) is 0 Å². The first kappa shape index (κ1) is 13.0.